The van der Waals surface area contributed by atoms with Crippen LogP contribution in [0.15, 0.2) is 24.3 Å². The van der Waals surface area contributed by atoms with Crippen molar-refractivity contribution in [1.82, 2.24) is 0 Å². The first-order valence-corrected chi connectivity index (χ1v) is 6.17. The summed E-state index contributed by atoms with van der Waals surface area (Å²) in [6.45, 7) is 0.572. The van der Waals surface area contributed by atoms with Gasteiger partial charge in [0.05, 0.1) is 18.8 Å². The molecule has 0 atom stereocenters. The van der Waals surface area contributed by atoms with Gasteiger partial charge in [-0.1, -0.05) is 12.1 Å². The van der Waals surface area contributed by atoms with Crippen LogP contribution in [0.2, 0.25) is 0 Å². The van der Waals surface area contributed by atoms with Crippen LogP contribution in [0, 0.1) is 5.82 Å². The maximum atomic E-state index is 12.7. The predicted molar refractivity (Wildman–Crippen MR) is 64.2 cm³/mol. The zero-order valence-electron chi connectivity index (χ0n) is 10.2. The second-order valence-electron chi connectivity index (χ2n) is 4.57. The maximum Gasteiger partial charge on any atom is 0.123 e. The third-order valence-electron chi connectivity index (χ3n) is 3.35. The first kappa shape index (κ1) is 12.5. The number of hydrogen-bond acceptors (Lipinski definition) is 2. The van der Waals surface area contributed by atoms with Gasteiger partial charge in [-0.15, -0.1) is 0 Å². The summed E-state index contributed by atoms with van der Waals surface area (Å²) in [7, 11) is 1.77. The number of rotatable bonds is 4. The van der Waals surface area contributed by atoms with Gasteiger partial charge in [-0.25, -0.2) is 4.39 Å². The Morgan fingerprint density at radius 1 is 1.06 bits per heavy atom. The van der Waals surface area contributed by atoms with Crippen LogP contribution >= 0.6 is 0 Å². The van der Waals surface area contributed by atoms with Gasteiger partial charge >= 0.3 is 0 Å². The smallest absolute Gasteiger partial charge is 0.123 e. The minimum atomic E-state index is -0.200. The van der Waals surface area contributed by atoms with Gasteiger partial charge in [0.1, 0.15) is 5.82 Å². The molecule has 2 rings (SSSR count). The molecule has 94 valence electrons. The zero-order valence-corrected chi connectivity index (χ0v) is 10.2. The molecule has 1 aliphatic rings. The second-order valence-corrected chi connectivity index (χ2v) is 4.57. The number of halogens is 1. The lowest BCUT2D eigenvalue weighted by Gasteiger charge is -2.27. The van der Waals surface area contributed by atoms with Crippen molar-refractivity contribution in [2.24, 2.45) is 0 Å². The SMILES string of the molecule is COC1CCC(OCc2ccc(F)cc2)CC1. The van der Waals surface area contributed by atoms with E-state index in [9.17, 15) is 4.39 Å². The van der Waals surface area contributed by atoms with Gasteiger partial charge in [-0.3, -0.25) is 0 Å². The molecular weight excluding hydrogens is 219 g/mol. The fourth-order valence-corrected chi connectivity index (χ4v) is 2.23. The number of ether oxygens (including phenoxy) is 2. The summed E-state index contributed by atoms with van der Waals surface area (Å²) in [5.74, 6) is -0.200. The van der Waals surface area contributed by atoms with Crippen molar-refractivity contribution in [3.63, 3.8) is 0 Å². The molecule has 0 radical (unpaired) electrons. The Kier molecular flexibility index (Phi) is 4.51. The third-order valence-corrected chi connectivity index (χ3v) is 3.35. The molecule has 0 aromatic heterocycles. The monoisotopic (exact) mass is 238 g/mol. The van der Waals surface area contributed by atoms with E-state index in [2.05, 4.69) is 0 Å². The summed E-state index contributed by atoms with van der Waals surface area (Å²) in [5, 5.41) is 0. The van der Waals surface area contributed by atoms with Crippen LogP contribution in [-0.2, 0) is 16.1 Å². The quantitative estimate of drug-likeness (QED) is 0.801. The first-order chi connectivity index (χ1) is 8.28. The molecule has 0 amide bonds. The molecule has 1 aromatic rings. The van der Waals surface area contributed by atoms with Crippen LogP contribution in [0.4, 0.5) is 4.39 Å². The fourth-order valence-electron chi connectivity index (χ4n) is 2.23. The highest BCUT2D eigenvalue weighted by atomic mass is 19.1. The molecule has 1 fully saturated rings. The number of methoxy groups -OCH3 is 1. The van der Waals surface area contributed by atoms with Crippen LogP contribution in [0.3, 0.4) is 0 Å². The van der Waals surface area contributed by atoms with Gasteiger partial charge in [-0.05, 0) is 43.4 Å². The van der Waals surface area contributed by atoms with Gasteiger partial charge in [-0.2, -0.15) is 0 Å². The van der Waals surface area contributed by atoms with E-state index in [1.165, 1.54) is 12.1 Å². The molecule has 17 heavy (non-hydrogen) atoms. The number of hydrogen-bond donors (Lipinski definition) is 0. The van der Waals surface area contributed by atoms with Crippen molar-refractivity contribution in [3.05, 3.63) is 35.6 Å². The molecule has 0 N–H and O–H groups in total. The van der Waals surface area contributed by atoms with Crippen molar-refractivity contribution in [2.75, 3.05) is 7.11 Å². The molecule has 0 aliphatic heterocycles. The Morgan fingerprint density at radius 2 is 1.65 bits per heavy atom. The lowest BCUT2D eigenvalue weighted by Crippen LogP contribution is -2.25. The topological polar surface area (TPSA) is 18.5 Å². The molecule has 0 unspecified atom stereocenters. The van der Waals surface area contributed by atoms with Crippen molar-refractivity contribution in [1.29, 1.82) is 0 Å². The average Bonchev–Trinajstić information content (AvgIpc) is 2.39. The Morgan fingerprint density at radius 3 is 2.24 bits per heavy atom. The summed E-state index contributed by atoms with van der Waals surface area (Å²) in [6.07, 6.45) is 4.99. The van der Waals surface area contributed by atoms with E-state index < -0.39 is 0 Å². The molecule has 1 saturated carbocycles. The van der Waals surface area contributed by atoms with E-state index in [1.54, 1.807) is 19.2 Å². The highest BCUT2D eigenvalue weighted by Crippen LogP contribution is 2.23. The Bertz CT molecular complexity index is 329. The molecule has 0 bridgehead atoms. The fraction of sp³-hybridized carbons (Fsp3) is 0.571. The van der Waals surface area contributed by atoms with Gasteiger partial charge in [0.15, 0.2) is 0 Å². The molecule has 1 aromatic carbocycles. The van der Waals surface area contributed by atoms with E-state index in [-0.39, 0.29) is 5.82 Å². The summed E-state index contributed by atoms with van der Waals surface area (Å²) in [6, 6.07) is 6.49. The minimum Gasteiger partial charge on any atom is -0.381 e. The van der Waals surface area contributed by atoms with E-state index in [0.29, 0.717) is 18.8 Å². The highest BCUT2D eigenvalue weighted by Gasteiger charge is 2.21. The van der Waals surface area contributed by atoms with Crippen LogP contribution in [0.5, 0.6) is 0 Å². The van der Waals surface area contributed by atoms with Gasteiger partial charge in [0, 0.05) is 7.11 Å². The highest BCUT2D eigenvalue weighted by molar-refractivity contribution is 5.14. The summed E-state index contributed by atoms with van der Waals surface area (Å²) in [5.41, 5.74) is 1.03. The normalized spacial score (nSPS) is 24.8. The molecule has 0 spiro atoms. The summed E-state index contributed by atoms with van der Waals surface area (Å²) >= 11 is 0. The molecule has 0 heterocycles. The lowest BCUT2D eigenvalue weighted by molar-refractivity contribution is -0.0235. The molecule has 3 heteroatoms. The van der Waals surface area contributed by atoms with Crippen LogP contribution < -0.4 is 0 Å². The van der Waals surface area contributed by atoms with Crippen LogP contribution in [0.25, 0.3) is 0 Å². The third kappa shape index (κ3) is 3.79. The van der Waals surface area contributed by atoms with Crippen molar-refractivity contribution < 1.29 is 13.9 Å². The Balaban J connectivity index is 1.74. The molecular formula is C14H19FO2. The Hall–Kier alpha value is -0.930. The van der Waals surface area contributed by atoms with Crippen LogP contribution in [0.1, 0.15) is 31.2 Å². The van der Waals surface area contributed by atoms with Gasteiger partial charge < -0.3 is 9.47 Å². The molecule has 1 aliphatic carbocycles. The lowest BCUT2D eigenvalue weighted by atomic mass is 9.95. The second kappa shape index (κ2) is 6.12. The minimum absolute atomic E-state index is 0.200. The molecule has 2 nitrogen and oxygen atoms in total. The summed E-state index contributed by atoms with van der Waals surface area (Å²) < 4.78 is 23.9. The average molecular weight is 238 g/mol. The summed E-state index contributed by atoms with van der Waals surface area (Å²) in [4.78, 5) is 0. The first-order valence-electron chi connectivity index (χ1n) is 6.17. The standard InChI is InChI=1S/C14H19FO2/c1-16-13-6-8-14(9-7-13)17-10-11-2-4-12(15)5-3-11/h2-5,13-14H,6-10H2,1H3. The van der Waals surface area contributed by atoms with Gasteiger partial charge in [0.2, 0.25) is 0 Å². The largest absolute Gasteiger partial charge is 0.381 e. The maximum absolute atomic E-state index is 12.7. The van der Waals surface area contributed by atoms with E-state index >= 15 is 0 Å². The predicted octanol–water partition coefficient (Wildman–Crippen LogP) is 3.30. The van der Waals surface area contributed by atoms with Crippen molar-refractivity contribution in [3.8, 4) is 0 Å². The zero-order chi connectivity index (χ0) is 12.1. The Labute approximate surface area is 102 Å². The van der Waals surface area contributed by atoms with Crippen molar-refractivity contribution in [2.45, 2.75) is 44.5 Å². The van der Waals surface area contributed by atoms with E-state index in [1.807, 2.05) is 0 Å². The van der Waals surface area contributed by atoms with Gasteiger partial charge in [0.25, 0.3) is 0 Å². The van der Waals surface area contributed by atoms with E-state index in [0.717, 1.165) is 31.2 Å². The number of benzene rings is 1. The molecule has 0 saturated heterocycles. The van der Waals surface area contributed by atoms with E-state index in [4.69, 9.17) is 9.47 Å². The van der Waals surface area contributed by atoms with Crippen molar-refractivity contribution >= 4 is 0 Å². The van der Waals surface area contributed by atoms with Crippen LogP contribution in [-0.4, -0.2) is 19.3 Å².